The van der Waals surface area contributed by atoms with Crippen molar-refractivity contribution < 1.29 is 8.42 Å². The summed E-state index contributed by atoms with van der Waals surface area (Å²) in [6.07, 6.45) is 1.78. The van der Waals surface area contributed by atoms with Crippen molar-refractivity contribution in [2.45, 2.75) is 40.3 Å². The first-order chi connectivity index (χ1) is 9.35. The lowest BCUT2D eigenvalue weighted by Crippen LogP contribution is -2.28. The summed E-state index contributed by atoms with van der Waals surface area (Å²) in [6, 6.07) is 0.266. The van der Waals surface area contributed by atoms with Crippen molar-refractivity contribution in [2.24, 2.45) is 0 Å². The number of fused-ring (bicyclic) bond motifs is 1. The van der Waals surface area contributed by atoms with Gasteiger partial charge in [-0.05, 0) is 27.7 Å². The second kappa shape index (κ2) is 5.53. The molecule has 0 fully saturated rings. The Labute approximate surface area is 119 Å². The third-order valence-corrected chi connectivity index (χ3v) is 4.59. The zero-order valence-electron chi connectivity index (χ0n) is 12.3. The van der Waals surface area contributed by atoms with E-state index in [4.69, 9.17) is 0 Å². The minimum Gasteiger partial charge on any atom is -0.260 e. The third kappa shape index (κ3) is 2.85. The van der Waals surface area contributed by atoms with Gasteiger partial charge < -0.3 is 0 Å². The van der Waals surface area contributed by atoms with E-state index in [1.807, 2.05) is 11.6 Å². The minimum atomic E-state index is -3.16. The molecule has 0 unspecified atom stereocenters. The number of aryl methyl sites for hydroxylation is 1. The summed E-state index contributed by atoms with van der Waals surface area (Å²) in [5.74, 6) is 0.0891. The van der Waals surface area contributed by atoms with E-state index in [0.717, 1.165) is 16.7 Å². The van der Waals surface area contributed by atoms with E-state index in [1.165, 1.54) is 0 Å². The molecule has 7 nitrogen and oxygen atoms in total. The molecule has 2 rings (SSSR count). The van der Waals surface area contributed by atoms with Gasteiger partial charge in [-0.1, -0.05) is 0 Å². The van der Waals surface area contributed by atoms with Crippen LogP contribution in [0.3, 0.4) is 0 Å². The first-order valence-corrected chi connectivity index (χ1v) is 8.39. The van der Waals surface area contributed by atoms with E-state index in [9.17, 15) is 8.42 Å². The average Bonchev–Trinajstić information content (AvgIpc) is 2.92. The molecular weight excluding hydrogens is 278 g/mol. The van der Waals surface area contributed by atoms with Crippen LogP contribution < -0.4 is 4.72 Å². The number of rotatable bonds is 6. The van der Waals surface area contributed by atoms with Crippen LogP contribution in [0.5, 0.6) is 0 Å². The maximum atomic E-state index is 11.4. The van der Waals surface area contributed by atoms with Crippen LogP contribution in [0.25, 0.3) is 11.0 Å². The number of aromatic nitrogens is 4. The average molecular weight is 299 g/mol. The Kier molecular flexibility index (Phi) is 4.14. The Morgan fingerprint density at radius 2 is 2.10 bits per heavy atom. The molecule has 0 radical (unpaired) electrons. The highest BCUT2D eigenvalue weighted by Crippen LogP contribution is 2.20. The highest BCUT2D eigenvalue weighted by atomic mass is 32.2. The molecule has 0 aliphatic heterocycles. The lowest BCUT2D eigenvalue weighted by molar-refractivity contribution is 0.545. The molecule has 0 aromatic carbocycles. The van der Waals surface area contributed by atoms with Crippen LogP contribution in [0.4, 0.5) is 0 Å². The number of nitrogens with one attached hydrogen (secondary N) is 1. The second-order valence-corrected chi connectivity index (χ2v) is 7.12. The van der Waals surface area contributed by atoms with Crippen LogP contribution in [0.15, 0.2) is 6.20 Å². The predicted molar refractivity (Wildman–Crippen MR) is 78.1 cm³/mol. The summed E-state index contributed by atoms with van der Waals surface area (Å²) in [5.41, 5.74) is 2.86. The number of nitrogens with zero attached hydrogens (tertiary/aromatic N) is 4. The van der Waals surface area contributed by atoms with Gasteiger partial charge in [0.1, 0.15) is 11.0 Å². The quantitative estimate of drug-likeness (QED) is 0.864. The molecule has 0 aliphatic carbocycles. The third-order valence-electron chi connectivity index (χ3n) is 3.18. The van der Waals surface area contributed by atoms with Gasteiger partial charge in [0.05, 0.1) is 24.2 Å². The maximum absolute atomic E-state index is 11.4. The topological polar surface area (TPSA) is 81.8 Å². The van der Waals surface area contributed by atoms with Gasteiger partial charge in [-0.2, -0.15) is 10.2 Å². The number of hydrogen-bond donors (Lipinski definition) is 1. The Bertz CT molecular complexity index is 699. The van der Waals surface area contributed by atoms with Crippen LogP contribution in [0.1, 0.15) is 32.5 Å². The molecule has 0 bridgehead atoms. The van der Waals surface area contributed by atoms with Crippen molar-refractivity contribution in [2.75, 3.05) is 12.3 Å². The predicted octanol–water partition coefficient (Wildman–Crippen LogP) is 1.06. The number of hydrogen-bond acceptors (Lipinski definition) is 4. The van der Waals surface area contributed by atoms with Crippen molar-refractivity contribution in [3.63, 3.8) is 0 Å². The molecule has 112 valence electrons. The van der Waals surface area contributed by atoms with Crippen molar-refractivity contribution in [3.8, 4) is 0 Å². The molecular formula is C12H21N5O2S. The van der Waals surface area contributed by atoms with Gasteiger partial charge in [0.2, 0.25) is 10.0 Å². The Morgan fingerprint density at radius 1 is 1.40 bits per heavy atom. The summed E-state index contributed by atoms with van der Waals surface area (Å²) in [5, 5.41) is 8.83. The monoisotopic (exact) mass is 299 g/mol. The first-order valence-electron chi connectivity index (χ1n) is 6.73. The van der Waals surface area contributed by atoms with Gasteiger partial charge in [-0.25, -0.2) is 13.1 Å². The van der Waals surface area contributed by atoms with Gasteiger partial charge in [0.15, 0.2) is 0 Å². The fourth-order valence-electron chi connectivity index (χ4n) is 2.15. The van der Waals surface area contributed by atoms with Crippen LogP contribution in [-0.4, -0.2) is 40.3 Å². The van der Waals surface area contributed by atoms with Gasteiger partial charge in [-0.3, -0.25) is 9.36 Å². The van der Waals surface area contributed by atoms with E-state index in [2.05, 4.69) is 28.8 Å². The standard InChI is InChI=1S/C12H21N5O2S/c1-5-20(18,19)14-6-7-16-12-10(4)15-17(9(2)3)11(12)8-13-16/h8-9,14H,5-7H2,1-4H3. The summed E-state index contributed by atoms with van der Waals surface area (Å²) in [7, 11) is -3.16. The minimum absolute atomic E-state index is 0.0891. The van der Waals surface area contributed by atoms with E-state index < -0.39 is 10.0 Å². The molecule has 0 atom stereocenters. The zero-order chi connectivity index (χ0) is 14.9. The Balaban J connectivity index is 2.20. The van der Waals surface area contributed by atoms with Crippen molar-refractivity contribution >= 4 is 21.1 Å². The highest BCUT2D eigenvalue weighted by Gasteiger charge is 2.15. The molecule has 0 saturated heterocycles. The zero-order valence-corrected chi connectivity index (χ0v) is 13.1. The fourth-order valence-corrected chi connectivity index (χ4v) is 2.76. The van der Waals surface area contributed by atoms with Gasteiger partial charge in [0.25, 0.3) is 0 Å². The molecule has 0 spiro atoms. The van der Waals surface area contributed by atoms with E-state index in [-0.39, 0.29) is 11.8 Å². The Hall–Kier alpha value is -1.41. The molecule has 2 aromatic rings. The molecule has 2 aromatic heterocycles. The normalized spacial score (nSPS) is 12.7. The van der Waals surface area contributed by atoms with Gasteiger partial charge in [0, 0.05) is 12.6 Å². The molecule has 1 N–H and O–H groups in total. The lowest BCUT2D eigenvalue weighted by Gasteiger charge is -2.05. The first kappa shape index (κ1) is 15.0. The summed E-state index contributed by atoms with van der Waals surface area (Å²) in [4.78, 5) is 0. The lowest BCUT2D eigenvalue weighted by atomic mass is 10.3. The molecule has 8 heteroatoms. The SMILES string of the molecule is CCS(=O)(=O)NCCn1ncc2c1c(C)nn2C(C)C. The van der Waals surface area contributed by atoms with E-state index in [1.54, 1.807) is 17.8 Å². The molecule has 0 amide bonds. The summed E-state index contributed by atoms with van der Waals surface area (Å²) >= 11 is 0. The van der Waals surface area contributed by atoms with Crippen LogP contribution >= 0.6 is 0 Å². The molecule has 0 aliphatic rings. The fraction of sp³-hybridized carbons (Fsp3) is 0.667. The summed E-state index contributed by atoms with van der Waals surface area (Å²) in [6.45, 7) is 8.52. The highest BCUT2D eigenvalue weighted by molar-refractivity contribution is 7.89. The number of sulfonamides is 1. The van der Waals surface area contributed by atoms with Gasteiger partial charge >= 0.3 is 0 Å². The Morgan fingerprint density at radius 3 is 2.70 bits per heavy atom. The van der Waals surface area contributed by atoms with Crippen LogP contribution in [0, 0.1) is 6.92 Å². The molecule has 20 heavy (non-hydrogen) atoms. The van der Waals surface area contributed by atoms with E-state index in [0.29, 0.717) is 13.1 Å². The smallest absolute Gasteiger partial charge is 0.211 e. The second-order valence-electron chi connectivity index (χ2n) is 5.02. The maximum Gasteiger partial charge on any atom is 0.211 e. The van der Waals surface area contributed by atoms with Gasteiger partial charge in [-0.15, -0.1) is 0 Å². The largest absolute Gasteiger partial charge is 0.260 e. The summed E-state index contributed by atoms with van der Waals surface area (Å²) < 4.78 is 29.1. The van der Waals surface area contributed by atoms with Crippen LogP contribution in [0.2, 0.25) is 0 Å². The van der Waals surface area contributed by atoms with Crippen molar-refractivity contribution in [3.05, 3.63) is 11.9 Å². The molecule has 0 saturated carbocycles. The van der Waals surface area contributed by atoms with Crippen LogP contribution in [-0.2, 0) is 16.6 Å². The molecule has 2 heterocycles. The van der Waals surface area contributed by atoms with E-state index >= 15 is 0 Å². The van der Waals surface area contributed by atoms with Crippen molar-refractivity contribution in [1.82, 2.24) is 24.3 Å². The van der Waals surface area contributed by atoms with Crippen molar-refractivity contribution in [1.29, 1.82) is 0 Å².